The highest BCUT2D eigenvalue weighted by Crippen LogP contribution is 2.02. The van der Waals surface area contributed by atoms with Crippen LogP contribution in [0.4, 0.5) is 0 Å². The van der Waals surface area contributed by atoms with Crippen molar-refractivity contribution in [2.24, 2.45) is 7.05 Å². The van der Waals surface area contributed by atoms with Gasteiger partial charge in [0.15, 0.2) is 0 Å². The topological polar surface area (TPSA) is 50.2 Å². The molecule has 1 aromatic rings. The van der Waals surface area contributed by atoms with Gasteiger partial charge in [-0.05, 0) is 19.0 Å². The number of nitrogens with one attached hydrogen (secondary N) is 1. The first kappa shape index (κ1) is 11.1. The number of nitrogens with zero attached hydrogens (tertiary/aromatic N) is 3. The summed E-state index contributed by atoms with van der Waals surface area (Å²) < 4.78 is 1.86. The molecular formula is C11H18N4O. The van der Waals surface area contributed by atoms with Crippen LogP contribution in [-0.2, 0) is 18.3 Å². The Labute approximate surface area is 95.4 Å². The molecule has 16 heavy (non-hydrogen) atoms. The van der Waals surface area contributed by atoms with Crippen molar-refractivity contribution in [1.29, 1.82) is 0 Å². The second-order valence-electron chi connectivity index (χ2n) is 4.11. The lowest BCUT2D eigenvalue weighted by molar-refractivity contribution is -0.129. The van der Waals surface area contributed by atoms with Crippen LogP contribution in [0.1, 0.15) is 12.1 Å². The van der Waals surface area contributed by atoms with Gasteiger partial charge in [0, 0.05) is 38.4 Å². The van der Waals surface area contributed by atoms with Gasteiger partial charge < -0.3 is 10.2 Å². The number of carbonyl (C=O) groups is 1. The molecular weight excluding hydrogens is 204 g/mol. The summed E-state index contributed by atoms with van der Waals surface area (Å²) in [6.07, 6.45) is 3.71. The van der Waals surface area contributed by atoms with Gasteiger partial charge in [-0.25, -0.2) is 0 Å². The Bertz CT molecular complexity index is 361. The van der Waals surface area contributed by atoms with E-state index >= 15 is 0 Å². The van der Waals surface area contributed by atoms with Crippen LogP contribution in [0.15, 0.2) is 12.3 Å². The molecule has 1 amide bonds. The van der Waals surface area contributed by atoms with E-state index in [4.69, 9.17) is 0 Å². The molecule has 1 N–H and O–H groups in total. The maximum absolute atomic E-state index is 11.7. The van der Waals surface area contributed by atoms with E-state index in [1.807, 2.05) is 22.7 Å². The van der Waals surface area contributed by atoms with Crippen LogP contribution in [0.5, 0.6) is 0 Å². The van der Waals surface area contributed by atoms with Gasteiger partial charge in [0.1, 0.15) is 0 Å². The van der Waals surface area contributed by atoms with E-state index in [9.17, 15) is 4.79 Å². The number of hydrogen-bond donors (Lipinski definition) is 1. The highest BCUT2D eigenvalue weighted by molar-refractivity contribution is 5.78. The highest BCUT2D eigenvalue weighted by atomic mass is 16.2. The van der Waals surface area contributed by atoms with Crippen LogP contribution in [0.2, 0.25) is 0 Å². The van der Waals surface area contributed by atoms with E-state index in [0.29, 0.717) is 6.54 Å². The van der Waals surface area contributed by atoms with E-state index in [-0.39, 0.29) is 5.91 Å². The molecule has 5 heteroatoms. The molecule has 0 aromatic carbocycles. The quantitative estimate of drug-likeness (QED) is 0.769. The summed E-state index contributed by atoms with van der Waals surface area (Å²) in [5.41, 5.74) is 1.17. The van der Waals surface area contributed by atoms with Gasteiger partial charge in [-0.15, -0.1) is 0 Å². The molecule has 0 atom stereocenters. The normalized spacial score (nSPS) is 17.6. The van der Waals surface area contributed by atoms with Crippen molar-refractivity contribution in [3.8, 4) is 0 Å². The zero-order valence-electron chi connectivity index (χ0n) is 9.65. The Morgan fingerprint density at radius 3 is 3.19 bits per heavy atom. The monoisotopic (exact) mass is 222 g/mol. The second kappa shape index (κ2) is 5.12. The molecule has 1 saturated heterocycles. The fourth-order valence-corrected chi connectivity index (χ4v) is 1.96. The maximum atomic E-state index is 11.7. The Kier molecular flexibility index (Phi) is 3.56. The van der Waals surface area contributed by atoms with E-state index < -0.39 is 0 Å². The summed E-state index contributed by atoms with van der Waals surface area (Å²) in [6, 6.07) is 2.00. The molecule has 0 aliphatic carbocycles. The van der Waals surface area contributed by atoms with Crippen LogP contribution >= 0.6 is 0 Å². The molecule has 5 nitrogen and oxygen atoms in total. The molecule has 1 aliphatic heterocycles. The molecule has 0 saturated carbocycles. The van der Waals surface area contributed by atoms with E-state index in [1.54, 1.807) is 6.20 Å². The van der Waals surface area contributed by atoms with Crippen molar-refractivity contribution in [2.75, 3.05) is 26.2 Å². The van der Waals surface area contributed by atoms with E-state index in [2.05, 4.69) is 10.4 Å². The minimum Gasteiger partial charge on any atom is -0.341 e. The van der Waals surface area contributed by atoms with Crippen molar-refractivity contribution in [3.63, 3.8) is 0 Å². The van der Waals surface area contributed by atoms with Gasteiger partial charge in [0.05, 0.1) is 6.54 Å². The van der Waals surface area contributed by atoms with Gasteiger partial charge in [0.2, 0.25) is 5.91 Å². The molecule has 88 valence electrons. The van der Waals surface area contributed by atoms with Crippen LogP contribution in [0, 0.1) is 0 Å². The number of hydrogen-bond acceptors (Lipinski definition) is 3. The second-order valence-corrected chi connectivity index (χ2v) is 4.11. The number of rotatable bonds is 3. The zero-order valence-corrected chi connectivity index (χ0v) is 9.65. The lowest BCUT2D eigenvalue weighted by Crippen LogP contribution is -2.36. The zero-order chi connectivity index (χ0) is 11.4. The molecule has 0 spiro atoms. The van der Waals surface area contributed by atoms with Crippen molar-refractivity contribution >= 4 is 5.91 Å². The first-order chi connectivity index (χ1) is 7.77. The minimum absolute atomic E-state index is 0.208. The van der Waals surface area contributed by atoms with Gasteiger partial charge in [-0.3, -0.25) is 9.48 Å². The standard InChI is InChI=1S/C11H18N4O/c1-14-10(3-6-13-14)4-8-15-7-2-5-12-9-11(15)16/h3,6,12H,2,4-5,7-9H2,1H3. The first-order valence-electron chi connectivity index (χ1n) is 5.73. The maximum Gasteiger partial charge on any atom is 0.236 e. The number of aryl methyl sites for hydroxylation is 1. The average molecular weight is 222 g/mol. The lowest BCUT2D eigenvalue weighted by atomic mass is 10.2. The van der Waals surface area contributed by atoms with Gasteiger partial charge in [0.25, 0.3) is 0 Å². The fourth-order valence-electron chi connectivity index (χ4n) is 1.96. The largest absolute Gasteiger partial charge is 0.341 e. The van der Waals surface area contributed by atoms with Crippen LogP contribution in [0.3, 0.4) is 0 Å². The SMILES string of the molecule is Cn1nccc1CCN1CCCNCC1=O. The summed E-state index contributed by atoms with van der Waals surface area (Å²) >= 11 is 0. The van der Waals surface area contributed by atoms with Gasteiger partial charge in [-0.2, -0.15) is 5.10 Å². The van der Waals surface area contributed by atoms with Gasteiger partial charge in [-0.1, -0.05) is 0 Å². The smallest absolute Gasteiger partial charge is 0.236 e. The Morgan fingerprint density at radius 2 is 2.44 bits per heavy atom. The minimum atomic E-state index is 0.208. The highest BCUT2D eigenvalue weighted by Gasteiger charge is 2.15. The van der Waals surface area contributed by atoms with Crippen molar-refractivity contribution < 1.29 is 4.79 Å². The summed E-state index contributed by atoms with van der Waals surface area (Å²) in [6.45, 7) is 3.07. The number of amides is 1. The van der Waals surface area contributed by atoms with Crippen LogP contribution < -0.4 is 5.32 Å². The number of carbonyl (C=O) groups excluding carboxylic acids is 1. The molecule has 2 rings (SSSR count). The molecule has 2 heterocycles. The summed E-state index contributed by atoms with van der Waals surface area (Å²) in [5, 5.41) is 7.24. The summed E-state index contributed by atoms with van der Waals surface area (Å²) in [5.74, 6) is 0.208. The lowest BCUT2D eigenvalue weighted by Gasteiger charge is -2.19. The predicted octanol–water partition coefficient (Wildman–Crippen LogP) is -0.215. The van der Waals surface area contributed by atoms with Crippen molar-refractivity contribution in [2.45, 2.75) is 12.8 Å². The molecule has 1 fully saturated rings. The van der Waals surface area contributed by atoms with Crippen molar-refractivity contribution in [1.82, 2.24) is 20.0 Å². The molecule has 0 bridgehead atoms. The first-order valence-corrected chi connectivity index (χ1v) is 5.73. The number of aromatic nitrogens is 2. The van der Waals surface area contributed by atoms with Crippen LogP contribution in [-0.4, -0.2) is 46.8 Å². The summed E-state index contributed by atoms with van der Waals surface area (Å²) in [4.78, 5) is 13.6. The Balaban J connectivity index is 1.89. The van der Waals surface area contributed by atoms with E-state index in [0.717, 1.165) is 32.5 Å². The average Bonchev–Trinajstić information content (AvgIpc) is 2.56. The third-order valence-electron chi connectivity index (χ3n) is 2.97. The molecule has 0 unspecified atom stereocenters. The summed E-state index contributed by atoms with van der Waals surface area (Å²) in [7, 11) is 1.93. The third-order valence-corrected chi connectivity index (χ3v) is 2.97. The molecule has 0 radical (unpaired) electrons. The van der Waals surface area contributed by atoms with Crippen molar-refractivity contribution in [3.05, 3.63) is 18.0 Å². The third kappa shape index (κ3) is 2.61. The van der Waals surface area contributed by atoms with Gasteiger partial charge >= 0.3 is 0 Å². The molecule has 1 aromatic heterocycles. The fraction of sp³-hybridized carbons (Fsp3) is 0.636. The molecule has 1 aliphatic rings. The predicted molar refractivity (Wildman–Crippen MR) is 61.0 cm³/mol. The Morgan fingerprint density at radius 1 is 1.56 bits per heavy atom. The van der Waals surface area contributed by atoms with Crippen LogP contribution in [0.25, 0.3) is 0 Å². The van der Waals surface area contributed by atoms with E-state index in [1.165, 1.54) is 5.69 Å². The Hall–Kier alpha value is -1.36.